The molecule has 3 nitrogen and oxygen atoms in total. The maximum atomic E-state index is 12.4. The number of amides is 1. The predicted octanol–water partition coefficient (Wildman–Crippen LogP) is 2.01. The molecule has 1 aliphatic carbocycles. The molecule has 0 aromatic rings. The van der Waals surface area contributed by atoms with E-state index in [1.807, 2.05) is 0 Å². The summed E-state index contributed by atoms with van der Waals surface area (Å²) in [5.41, 5.74) is 6.00. The number of carbonyl (C=O) groups excluding carboxylic acids is 1. The van der Waals surface area contributed by atoms with Crippen LogP contribution >= 0.6 is 0 Å². The number of hydrogen-bond acceptors (Lipinski definition) is 2. The highest BCUT2D eigenvalue weighted by Crippen LogP contribution is 2.30. The Morgan fingerprint density at radius 2 is 1.76 bits per heavy atom. The maximum absolute atomic E-state index is 12.4. The Labute approximate surface area is 105 Å². The first kappa shape index (κ1) is 12.9. The molecule has 0 aromatic carbocycles. The van der Waals surface area contributed by atoms with Crippen molar-refractivity contribution < 1.29 is 4.79 Å². The van der Waals surface area contributed by atoms with Gasteiger partial charge in [-0.15, -0.1) is 0 Å². The third-order valence-electron chi connectivity index (χ3n) is 4.65. The minimum absolute atomic E-state index is 0.283. The topological polar surface area (TPSA) is 46.3 Å². The molecule has 1 amide bonds. The lowest BCUT2D eigenvalue weighted by Gasteiger charge is -2.38. The lowest BCUT2D eigenvalue weighted by Crippen LogP contribution is -2.50. The van der Waals surface area contributed by atoms with Gasteiger partial charge in [0.2, 0.25) is 5.91 Å². The van der Waals surface area contributed by atoms with E-state index < -0.39 is 0 Å². The first-order chi connectivity index (χ1) is 8.08. The molecule has 2 rings (SSSR count). The van der Waals surface area contributed by atoms with Gasteiger partial charge in [-0.1, -0.05) is 13.8 Å². The second-order valence-electron chi connectivity index (χ2n) is 6.17. The van der Waals surface area contributed by atoms with E-state index in [0.29, 0.717) is 17.7 Å². The summed E-state index contributed by atoms with van der Waals surface area (Å²) >= 11 is 0. The summed E-state index contributed by atoms with van der Waals surface area (Å²) < 4.78 is 0. The Bertz CT molecular complexity index is 271. The summed E-state index contributed by atoms with van der Waals surface area (Å²) in [4.78, 5) is 14.5. The van der Waals surface area contributed by atoms with Gasteiger partial charge in [0.05, 0.1) is 0 Å². The number of likely N-dealkylation sites (tertiary alicyclic amines) is 1. The largest absolute Gasteiger partial charge is 0.342 e. The summed E-state index contributed by atoms with van der Waals surface area (Å²) in [5, 5.41) is 0. The molecule has 0 spiro atoms. The van der Waals surface area contributed by atoms with Crippen LogP contribution < -0.4 is 5.73 Å². The highest BCUT2D eigenvalue weighted by Gasteiger charge is 2.32. The van der Waals surface area contributed by atoms with Gasteiger partial charge in [0.15, 0.2) is 0 Å². The molecule has 98 valence electrons. The Balaban J connectivity index is 1.87. The average Bonchev–Trinajstić information content (AvgIpc) is 2.33. The van der Waals surface area contributed by atoms with E-state index in [1.54, 1.807) is 0 Å². The van der Waals surface area contributed by atoms with Crippen molar-refractivity contribution in [1.29, 1.82) is 0 Å². The normalized spacial score (nSPS) is 39.1. The molecule has 2 fully saturated rings. The first-order valence-electron chi connectivity index (χ1n) is 7.12. The van der Waals surface area contributed by atoms with Crippen LogP contribution in [0.25, 0.3) is 0 Å². The molecular weight excluding hydrogens is 212 g/mol. The number of piperidine rings is 1. The molecule has 3 heteroatoms. The van der Waals surface area contributed by atoms with Crippen LogP contribution in [0.1, 0.15) is 46.0 Å². The predicted molar refractivity (Wildman–Crippen MR) is 69.5 cm³/mol. The molecule has 2 N–H and O–H groups in total. The van der Waals surface area contributed by atoms with E-state index in [9.17, 15) is 4.79 Å². The van der Waals surface area contributed by atoms with E-state index in [-0.39, 0.29) is 6.04 Å². The van der Waals surface area contributed by atoms with Crippen LogP contribution in [-0.4, -0.2) is 29.9 Å². The van der Waals surface area contributed by atoms with Crippen LogP contribution in [0, 0.1) is 17.8 Å². The van der Waals surface area contributed by atoms with Crippen LogP contribution in [0.15, 0.2) is 0 Å². The van der Waals surface area contributed by atoms with Gasteiger partial charge >= 0.3 is 0 Å². The fraction of sp³-hybridized carbons (Fsp3) is 0.929. The Morgan fingerprint density at radius 1 is 1.12 bits per heavy atom. The summed E-state index contributed by atoms with van der Waals surface area (Å²) in [6.07, 6.45) is 5.60. The standard InChI is InChI=1S/C14H26N2O/c1-10-3-5-12(6-4-10)14(17)16-8-7-13(15)11(2)9-16/h10-13H,3-9,15H2,1-2H3. The van der Waals surface area contributed by atoms with Gasteiger partial charge in [-0.2, -0.15) is 0 Å². The zero-order valence-corrected chi connectivity index (χ0v) is 11.2. The van der Waals surface area contributed by atoms with Crippen molar-refractivity contribution in [2.24, 2.45) is 23.5 Å². The zero-order valence-electron chi connectivity index (χ0n) is 11.2. The summed E-state index contributed by atoms with van der Waals surface area (Å²) in [5.74, 6) is 1.96. The quantitative estimate of drug-likeness (QED) is 0.759. The molecule has 2 atom stereocenters. The van der Waals surface area contributed by atoms with Gasteiger partial charge in [-0.25, -0.2) is 0 Å². The SMILES string of the molecule is CC1CCC(C(=O)N2CCC(N)C(C)C2)CC1. The summed E-state index contributed by atoms with van der Waals surface area (Å²) in [6, 6.07) is 0.283. The Hall–Kier alpha value is -0.570. The van der Waals surface area contributed by atoms with Gasteiger partial charge in [-0.3, -0.25) is 4.79 Å². The van der Waals surface area contributed by atoms with E-state index in [4.69, 9.17) is 5.73 Å². The van der Waals surface area contributed by atoms with Gasteiger partial charge < -0.3 is 10.6 Å². The summed E-state index contributed by atoms with van der Waals surface area (Å²) in [7, 11) is 0. The third-order valence-corrected chi connectivity index (χ3v) is 4.65. The number of nitrogens with zero attached hydrogens (tertiary/aromatic N) is 1. The molecule has 1 saturated heterocycles. The first-order valence-corrected chi connectivity index (χ1v) is 7.12. The molecule has 0 aromatic heterocycles. The van der Waals surface area contributed by atoms with Crippen molar-refractivity contribution in [2.45, 2.75) is 52.0 Å². The van der Waals surface area contributed by atoms with Crippen molar-refractivity contribution in [3.63, 3.8) is 0 Å². The molecule has 1 aliphatic heterocycles. The molecule has 1 heterocycles. The van der Waals surface area contributed by atoms with E-state index >= 15 is 0 Å². The van der Waals surface area contributed by atoms with Crippen LogP contribution in [0.5, 0.6) is 0 Å². The minimum Gasteiger partial charge on any atom is -0.342 e. The van der Waals surface area contributed by atoms with Crippen molar-refractivity contribution in [3.8, 4) is 0 Å². The molecule has 2 aliphatic rings. The van der Waals surface area contributed by atoms with E-state index in [2.05, 4.69) is 18.7 Å². The van der Waals surface area contributed by atoms with Gasteiger partial charge in [0, 0.05) is 25.0 Å². The van der Waals surface area contributed by atoms with Crippen molar-refractivity contribution >= 4 is 5.91 Å². The van der Waals surface area contributed by atoms with Crippen LogP contribution in [0.4, 0.5) is 0 Å². The number of rotatable bonds is 1. The number of carbonyl (C=O) groups is 1. The second-order valence-corrected chi connectivity index (χ2v) is 6.17. The average molecular weight is 238 g/mol. The maximum Gasteiger partial charge on any atom is 0.225 e. The lowest BCUT2D eigenvalue weighted by atomic mass is 9.82. The molecule has 17 heavy (non-hydrogen) atoms. The minimum atomic E-state index is 0.283. The van der Waals surface area contributed by atoms with Crippen molar-refractivity contribution in [1.82, 2.24) is 4.90 Å². The fourth-order valence-corrected chi connectivity index (χ4v) is 3.13. The Morgan fingerprint density at radius 3 is 2.35 bits per heavy atom. The van der Waals surface area contributed by atoms with E-state index in [0.717, 1.165) is 38.3 Å². The summed E-state index contributed by atoms with van der Waals surface area (Å²) in [6.45, 7) is 6.19. The lowest BCUT2D eigenvalue weighted by molar-refractivity contribution is -0.138. The Kier molecular flexibility index (Phi) is 4.08. The number of hydrogen-bond donors (Lipinski definition) is 1. The highest BCUT2D eigenvalue weighted by molar-refractivity contribution is 5.79. The molecule has 0 radical (unpaired) electrons. The van der Waals surface area contributed by atoms with E-state index in [1.165, 1.54) is 12.8 Å². The zero-order chi connectivity index (χ0) is 12.4. The second kappa shape index (κ2) is 5.38. The molecule has 0 bridgehead atoms. The highest BCUT2D eigenvalue weighted by atomic mass is 16.2. The third kappa shape index (κ3) is 3.01. The fourth-order valence-electron chi connectivity index (χ4n) is 3.13. The smallest absolute Gasteiger partial charge is 0.225 e. The monoisotopic (exact) mass is 238 g/mol. The van der Waals surface area contributed by atoms with Gasteiger partial charge in [-0.05, 0) is 43.9 Å². The van der Waals surface area contributed by atoms with Crippen LogP contribution in [0.2, 0.25) is 0 Å². The van der Waals surface area contributed by atoms with Crippen LogP contribution in [-0.2, 0) is 4.79 Å². The van der Waals surface area contributed by atoms with Gasteiger partial charge in [0.25, 0.3) is 0 Å². The van der Waals surface area contributed by atoms with Crippen molar-refractivity contribution in [2.75, 3.05) is 13.1 Å². The molecule has 1 saturated carbocycles. The molecule has 2 unspecified atom stereocenters. The number of nitrogens with two attached hydrogens (primary N) is 1. The van der Waals surface area contributed by atoms with Gasteiger partial charge in [0.1, 0.15) is 0 Å². The van der Waals surface area contributed by atoms with Crippen LogP contribution in [0.3, 0.4) is 0 Å². The van der Waals surface area contributed by atoms with Crippen molar-refractivity contribution in [3.05, 3.63) is 0 Å². The molecular formula is C14H26N2O.